The maximum absolute atomic E-state index is 12.9. The van der Waals surface area contributed by atoms with Gasteiger partial charge in [0.25, 0.3) is 5.91 Å². The van der Waals surface area contributed by atoms with Crippen LogP contribution in [0.3, 0.4) is 0 Å². The third-order valence-electron chi connectivity index (χ3n) is 6.03. The molecule has 0 atom stereocenters. The number of carbonyl (C=O) groups excluding carboxylic acids is 2. The summed E-state index contributed by atoms with van der Waals surface area (Å²) >= 11 is 0. The van der Waals surface area contributed by atoms with Gasteiger partial charge in [0.15, 0.2) is 17.3 Å². The van der Waals surface area contributed by atoms with Crippen LogP contribution < -0.4 is 14.2 Å². The van der Waals surface area contributed by atoms with Crippen molar-refractivity contribution in [2.24, 2.45) is 0 Å². The first-order valence-corrected chi connectivity index (χ1v) is 10.4. The standard InChI is InChI=1S/C25H24N2O5/c1-30-21-9-8-19-20(28)15-25(32-22(19)23(21)31-2)10-12-27(13-11-25)24(29)18(16-26)14-17-6-4-3-5-7-17/h3-9,14H,10-13,15H2,1-2H3/b18-14+. The largest absolute Gasteiger partial charge is 0.493 e. The number of rotatable bonds is 4. The fraction of sp³-hybridized carbons (Fsp3) is 0.320. The topological polar surface area (TPSA) is 88.9 Å². The number of fused-ring (bicyclic) bond motifs is 1. The van der Waals surface area contributed by atoms with Gasteiger partial charge >= 0.3 is 0 Å². The Hall–Kier alpha value is -3.79. The number of ketones is 1. The highest BCUT2D eigenvalue weighted by Gasteiger charge is 2.45. The van der Waals surface area contributed by atoms with Crippen LogP contribution in [0.4, 0.5) is 0 Å². The van der Waals surface area contributed by atoms with Crippen LogP contribution in [0.15, 0.2) is 48.0 Å². The van der Waals surface area contributed by atoms with Gasteiger partial charge in [-0.25, -0.2) is 0 Å². The highest BCUT2D eigenvalue weighted by Crippen LogP contribution is 2.47. The van der Waals surface area contributed by atoms with E-state index in [2.05, 4.69) is 0 Å². The summed E-state index contributed by atoms with van der Waals surface area (Å²) in [5.74, 6) is 0.952. The van der Waals surface area contributed by atoms with Gasteiger partial charge in [-0.15, -0.1) is 0 Å². The Morgan fingerprint density at radius 3 is 2.47 bits per heavy atom. The van der Waals surface area contributed by atoms with Crippen LogP contribution in [0.2, 0.25) is 0 Å². The molecule has 7 heteroatoms. The molecule has 0 unspecified atom stereocenters. The summed E-state index contributed by atoms with van der Waals surface area (Å²) < 4.78 is 17.2. The monoisotopic (exact) mass is 432 g/mol. The Labute approximate surface area is 186 Å². The number of nitrogens with zero attached hydrogens (tertiary/aromatic N) is 2. The molecule has 0 aliphatic carbocycles. The predicted octanol–water partition coefficient (Wildman–Crippen LogP) is 3.64. The first kappa shape index (κ1) is 21.4. The minimum atomic E-state index is -0.712. The molecule has 32 heavy (non-hydrogen) atoms. The minimum Gasteiger partial charge on any atom is -0.493 e. The zero-order valence-electron chi connectivity index (χ0n) is 18.1. The molecule has 2 heterocycles. The van der Waals surface area contributed by atoms with Crippen molar-refractivity contribution in [1.82, 2.24) is 4.90 Å². The summed E-state index contributed by atoms with van der Waals surface area (Å²) in [6.45, 7) is 0.781. The van der Waals surface area contributed by atoms with Crippen LogP contribution in [0.5, 0.6) is 17.2 Å². The highest BCUT2D eigenvalue weighted by atomic mass is 16.5. The van der Waals surface area contributed by atoms with Gasteiger partial charge in [0.1, 0.15) is 17.2 Å². The molecule has 4 rings (SSSR count). The maximum atomic E-state index is 12.9. The number of nitriles is 1. The van der Waals surface area contributed by atoms with Crippen molar-refractivity contribution >= 4 is 17.8 Å². The van der Waals surface area contributed by atoms with Gasteiger partial charge in [0, 0.05) is 25.9 Å². The molecule has 0 aromatic heterocycles. The summed E-state index contributed by atoms with van der Waals surface area (Å²) in [6, 6.07) is 14.7. The molecule has 0 bridgehead atoms. The van der Waals surface area contributed by atoms with E-state index >= 15 is 0 Å². The number of hydrogen-bond acceptors (Lipinski definition) is 6. The van der Waals surface area contributed by atoms with E-state index in [-0.39, 0.29) is 23.7 Å². The van der Waals surface area contributed by atoms with Crippen molar-refractivity contribution in [2.45, 2.75) is 24.9 Å². The number of methoxy groups -OCH3 is 2. The Bertz CT molecular complexity index is 1110. The zero-order valence-corrected chi connectivity index (χ0v) is 18.1. The Morgan fingerprint density at radius 2 is 1.84 bits per heavy atom. The molecule has 2 aromatic rings. The molecular weight excluding hydrogens is 408 g/mol. The summed E-state index contributed by atoms with van der Waals surface area (Å²) in [7, 11) is 3.04. The summed E-state index contributed by atoms with van der Waals surface area (Å²) in [4.78, 5) is 27.5. The van der Waals surface area contributed by atoms with Crippen molar-refractivity contribution in [2.75, 3.05) is 27.3 Å². The number of Topliss-reactive ketones (excluding diaryl/α,β-unsaturated/α-hetero) is 1. The number of benzene rings is 2. The van der Waals surface area contributed by atoms with Crippen molar-refractivity contribution in [1.29, 1.82) is 5.26 Å². The van der Waals surface area contributed by atoms with Crippen LogP contribution in [-0.2, 0) is 4.79 Å². The zero-order chi connectivity index (χ0) is 22.7. The van der Waals surface area contributed by atoms with Crippen LogP contribution in [-0.4, -0.2) is 49.5 Å². The smallest absolute Gasteiger partial charge is 0.264 e. The molecular formula is C25H24N2O5. The van der Waals surface area contributed by atoms with Gasteiger partial charge in [0.05, 0.1) is 26.2 Å². The van der Waals surface area contributed by atoms with Gasteiger partial charge in [0.2, 0.25) is 5.75 Å². The molecule has 1 amide bonds. The predicted molar refractivity (Wildman–Crippen MR) is 118 cm³/mol. The highest BCUT2D eigenvalue weighted by molar-refractivity contribution is 6.02. The summed E-state index contributed by atoms with van der Waals surface area (Å²) in [6.07, 6.45) is 2.80. The quantitative estimate of drug-likeness (QED) is 0.541. The third-order valence-corrected chi connectivity index (χ3v) is 6.03. The van der Waals surface area contributed by atoms with Gasteiger partial charge in [-0.1, -0.05) is 30.3 Å². The fourth-order valence-electron chi connectivity index (χ4n) is 4.28. The van der Waals surface area contributed by atoms with Crippen LogP contribution in [0, 0.1) is 11.3 Å². The second-order valence-corrected chi connectivity index (χ2v) is 7.94. The first-order valence-electron chi connectivity index (χ1n) is 10.4. The van der Waals surface area contributed by atoms with Crippen LogP contribution in [0.25, 0.3) is 6.08 Å². The molecule has 0 saturated carbocycles. The average molecular weight is 432 g/mol. The number of hydrogen-bond donors (Lipinski definition) is 0. The second-order valence-electron chi connectivity index (χ2n) is 7.94. The number of likely N-dealkylation sites (tertiary alicyclic amines) is 1. The molecule has 164 valence electrons. The molecule has 0 N–H and O–H groups in total. The summed E-state index contributed by atoms with van der Waals surface area (Å²) in [5.41, 5.74) is 0.648. The minimum absolute atomic E-state index is 0.0198. The van der Waals surface area contributed by atoms with E-state index in [1.807, 2.05) is 36.4 Å². The van der Waals surface area contributed by atoms with Crippen LogP contribution in [0.1, 0.15) is 35.2 Å². The van der Waals surface area contributed by atoms with E-state index in [9.17, 15) is 14.9 Å². The molecule has 7 nitrogen and oxygen atoms in total. The van der Waals surface area contributed by atoms with E-state index in [4.69, 9.17) is 14.2 Å². The van der Waals surface area contributed by atoms with E-state index in [1.54, 1.807) is 23.1 Å². The molecule has 2 aliphatic rings. The van der Waals surface area contributed by atoms with Crippen molar-refractivity contribution in [3.8, 4) is 23.3 Å². The average Bonchev–Trinajstić information content (AvgIpc) is 2.82. The third kappa shape index (κ3) is 3.92. The Balaban J connectivity index is 1.52. The van der Waals surface area contributed by atoms with E-state index in [0.29, 0.717) is 48.7 Å². The van der Waals surface area contributed by atoms with Gasteiger partial charge in [-0.05, 0) is 23.8 Å². The molecule has 1 spiro atoms. The lowest BCUT2D eigenvalue weighted by molar-refractivity contribution is -0.130. The van der Waals surface area contributed by atoms with Crippen LogP contribution >= 0.6 is 0 Å². The fourth-order valence-corrected chi connectivity index (χ4v) is 4.28. The second kappa shape index (κ2) is 8.75. The van der Waals surface area contributed by atoms with E-state index in [0.717, 1.165) is 5.56 Å². The Morgan fingerprint density at radius 1 is 1.12 bits per heavy atom. The molecule has 0 radical (unpaired) electrons. The van der Waals surface area contributed by atoms with Gasteiger partial charge < -0.3 is 19.1 Å². The molecule has 2 aliphatic heterocycles. The Kier molecular flexibility index (Phi) is 5.87. The van der Waals surface area contributed by atoms with Crippen molar-refractivity contribution in [3.05, 3.63) is 59.2 Å². The SMILES string of the molecule is COc1ccc2c(c1OC)OC1(CCN(C(=O)/C(C#N)=C/c3ccccc3)CC1)CC2=O. The lowest BCUT2D eigenvalue weighted by Gasteiger charge is -2.44. The number of carbonyl (C=O) groups is 2. The van der Waals surface area contributed by atoms with E-state index in [1.165, 1.54) is 14.2 Å². The molecule has 2 aromatic carbocycles. The number of ether oxygens (including phenoxy) is 3. The molecule has 1 saturated heterocycles. The van der Waals surface area contributed by atoms with Gasteiger partial charge in [-0.3, -0.25) is 9.59 Å². The van der Waals surface area contributed by atoms with Gasteiger partial charge in [-0.2, -0.15) is 5.26 Å². The lowest BCUT2D eigenvalue weighted by atomic mass is 9.82. The number of amides is 1. The normalized spacial score (nSPS) is 17.2. The van der Waals surface area contributed by atoms with Crippen molar-refractivity contribution < 1.29 is 23.8 Å². The first-order chi connectivity index (χ1) is 15.5. The van der Waals surface area contributed by atoms with E-state index < -0.39 is 5.60 Å². The lowest BCUT2D eigenvalue weighted by Crippen LogP contribution is -2.52. The van der Waals surface area contributed by atoms with Crippen molar-refractivity contribution in [3.63, 3.8) is 0 Å². The summed E-state index contributed by atoms with van der Waals surface area (Å²) in [5, 5.41) is 9.52. The number of piperidine rings is 1. The molecule has 1 fully saturated rings. The maximum Gasteiger partial charge on any atom is 0.264 e.